The number of rotatable bonds is 1. The van der Waals surface area contributed by atoms with E-state index in [0.29, 0.717) is 5.92 Å². The molecular weight excluding hydrogens is 226 g/mol. The zero-order chi connectivity index (χ0) is 11.5. The Bertz CT molecular complexity index is 253. The number of ether oxygens (including phenoxy) is 1. The van der Waals surface area contributed by atoms with E-state index < -0.39 is 0 Å². The first kappa shape index (κ1) is 12.2. The third-order valence-electron chi connectivity index (χ3n) is 3.57. The van der Waals surface area contributed by atoms with Crippen LogP contribution in [0, 0.1) is 5.92 Å². The van der Waals surface area contributed by atoms with Gasteiger partial charge in [-0.1, -0.05) is 6.92 Å². The van der Waals surface area contributed by atoms with Crippen molar-refractivity contribution in [3.8, 4) is 0 Å². The van der Waals surface area contributed by atoms with Gasteiger partial charge in [0.15, 0.2) is 0 Å². The standard InChI is InChI=1S/C12H20ClNO2/c1-9-8-14(6-5-10(9)13)12(15)11-4-2-3-7-16-11/h9-11H,2-8H2,1H3. The van der Waals surface area contributed by atoms with Crippen LogP contribution >= 0.6 is 11.6 Å². The Kier molecular flexibility index (Phi) is 4.09. The molecule has 2 fully saturated rings. The van der Waals surface area contributed by atoms with Crippen molar-refractivity contribution in [1.82, 2.24) is 4.90 Å². The predicted molar refractivity (Wildman–Crippen MR) is 63.6 cm³/mol. The van der Waals surface area contributed by atoms with Crippen molar-refractivity contribution in [2.75, 3.05) is 19.7 Å². The molecule has 0 spiro atoms. The van der Waals surface area contributed by atoms with E-state index in [-0.39, 0.29) is 17.4 Å². The average molecular weight is 246 g/mol. The predicted octanol–water partition coefficient (Wildman–Crippen LogP) is 2.03. The van der Waals surface area contributed by atoms with Crippen LogP contribution in [-0.2, 0) is 9.53 Å². The molecule has 4 heteroatoms. The number of hydrogen-bond acceptors (Lipinski definition) is 2. The highest BCUT2D eigenvalue weighted by Crippen LogP contribution is 2.24. The lowest BCUT2D eigenvalue weighted by Gasteiger charge is -2.36. The minimum Gasteiger partial charge on any atom is -0.368 e. The van der Waals surface area contributed by atoms with Crippen LogP contribution in [0.15, 0.2) is 0 Å². The van der Waals surface area contributed by atoms with Gasteiger partial charge < -0.3 is 9.64 Å². The zero-order valence-corrected chi connectivity index (χ0v) is 10.6. The van der Waals surface area contributed by atoms with Crippen LogP contribution in [-0.4, -0.2) is 42.0 Å². The molecule has 3 atom stereocenters. The molecule has 0 aromatic carbocycles. The lowest BCUT2D eigenvalue weighted by atomic mass is 9.98. The van der Waals surface area contributed by atoms with Gasteiger partial charge in [-0.15, -0.1) is 11.6 Å². The topological polar surface area (TPSA) is 29.5 Å². The Morgan fingerprint density at radius 2 is 2.19 bits per heavy atom. The summed E-state index contributed by atoms with van der Waals surface area (Å²) in [6.07, 6.45) is 3.80. The molecule has 1 amide bonds. The number of amides is 1. The fourth-order valence-electron chi connectivity index (χ4n) is 2.46. The van der Waals surface area contributed by atoms with Gasteiger partial charge in [-0.3, -0.25) is 4.79 Å². The number of carbonyl (C=O) groups excluding carboxylic acids is 1. The van der Waals surface area contributed by atoms with E-state index in [1.807, 2.05) is 4.90 Å². The molecule has 2 aliphatic rings. The number of hydrogen-bond donors (Lipinski definition) is 0. The van der Waals surface area contributed by atoms with Crippen LogP contribution in [0.5, 0.6) is 0 Å². The smallest absolute Gasteiger partial charge is 0.251 e. The van der Waals surface area contributed by atoms with Crippen LogP contribution < -0.4 is 0 Å². The second-order valence-corrected chi connectivity index (χ2v) is 5.48. The van der Waals surface area contributed by atoms with Crippen LogP contribution in [0.3, 0.4) is 0 Å². The van der Waals surface area contributed by atoms with E-state index in [9.17, 15) is 4.79 Å². The first-order chi connectivity index (χ1) is 7.68. The summed E-state index contributed by atoms with van der Waals surface area (Å²) >= 11 is 6.15. The molecule has 92 valence electrons. The van der Waals surface area contributed by atoms with E-state index in [1.165, 1.54) is 0 Å². The second-order valence-electron chi connectivity index (χ2n) is 4.92. The lowest BCUT2D eigenvalue weighted by Crippen LogP contribution is -2.48. The van der Waals surface area contributed by atoms with Crippen LogP contribution in [0.25, 0.3) is 0 Å². The number of nitrogens with zero attached hydrogens (tertiary/aromatic N) is 1. The van der Waals surface area contributed by atoms with Gasteiger partial charge in [-0.25, -0.2) is 0 Å². The van der Waals surface area contributed by atoms with Crippen molar-refractivity contribution in [2.24, 2.45) is 5.92 Å². The highest BCUT2D eigenvalue weighted by molar-refractivity contribution is 6.20. The molecular formula is C12H20ClNO2. The Morgan fingerprint density at radius 3 is 2.81 bits per heavy atom. The SMILES string of the molecule is CC1CN(C(=O)C2CCCCO2)CCC1Cl. The number of halogens is 1. The van der Waals surface area contributed by atoms with E-state index in [1.54, 1.807) is 0 Å². The van der Waals surface area contributed by atoms with Gasteiger partial charge in [-0.2, -0.15) is 0 Å². The summed E-state index contributed by atoms with van der Waals surface area (Å²) in [5, 5.41) is 0.219. The summed E-state index contributed by atoms with van der Waals surface area (Å²) in [7, 11) is 0. The molecule has 0 aliphatic carbocycles. The van der Waals surface area contributed by atoms with Gasteiger partial charge in [0.1, 0.15) is 6.10 Å². The molecule has 2 heterocycles. The highest BCUT2D eigenvalue weighted by atomic mass is 35.5. The van der Waals surface area contributed by atoms with Gasteiger partial charge in [0.2, 0.25) is 0 Å². The van der Waals surface area contributed by atoms with Crippen LogP contribution in [0.4, 0.5) is 0 Å². The Hall–Kier alpha value is -0.280. The largest absolute Gasteiger partial charge is 0.368 e. The molecule has 0 saturated carbocycles. The van der Waals surface area contributed by atoms with Crippen molar-refractivity contribution >= 4 is 17.5 Å². The summed E-state index contributed by atoms with van der Waals surface area (Å²) in [6, 6.07) is 0. The Labute approximate surface area is 102 Å². The highest BCUT2D eigenvalue weighted by Gasteiger charge is 2.32. The second kappa shape index (κ2) is 5.37. The third-order valence-corrected chi connectivity index (χ3v) is 4.22. The average Bonchev–Trinajstić information content (AvgIpc) is 2.33. The fraction of sp³-hybridized carbons (Fsp3) is 0.917. The quantitative estimate of drug-likeness (QED) is 0.662. The van der Waals surface area contributed by atoms with Gasteiger partial charge in [0, 0.05) is 25.1 Å². The molecule has 2 saturated heterocycles. The molecule has 0 aromatic heterocycles. The maximum atomic E-state index is 12.2. The molecule has 0 aromatic rings. The fourth-order valence-corrected chi connectivity index (χ4v) is 2.63. The first-order valence-corrected chi connectivity index (χ1v) is 6.66. The van der Waals surface area contributed by atoms with E-state index in [4.69, 9.17) is 16.3 Å². The monoisotopic (exact) mass is 245 g/mol. The van der Waals surface area contributed by atoms with E-state index in [0.717, 1.165) is 45.4 Å². The van der Waals surface area contributed by atoms with Crippen molar-refractivity contribution in [1.29, 1.82) is 0 Å². The van der Waals surface area contributed by atoms with Gasteiger partial charge in [0.25, 0.3) is 5.91 Å². The minimum atomic E-state index is -0.187. The zero-order valence-electron chi connectivity index (χ0n) is 9.82. The summed E-state index contributed by atoms with van der Waals surface area (Å²) in [4.78, 5) is 14.1. The molecule has 0 N–H and O–H groups in total. The number of likely N-dealkylation sites (tertiary alicyclic amines) is 1. The van der Waals surface area contributed by atoms with Crippen molar-refractivity contribution in [3.05, 3.63) is 0 Å². The van der Waals surface area contributed by atoms with Crippen LogP contribution in [0.1, 0.15) is 32.6 Å². The molecule has 2 rings (SSSR count). The third kappa shape index (κ3) is 2.69. The van der Waals surface area contributed by atoms with Gasteiger partial charge in [0.05, 0.1) is 0 Å². The first-order valence-electron chi connectivity index (χ1n) is 6.23. The number of carbonyl (C=O) groups is 1. The summed E-state index contributed by atoms with van der Waals surface area (Å²) < 4.78 is 5.53. The summed E-state index contributed by atoms with van der Waals surface area (Å²) in [5.74, 6) is 0.568. The van der Waals surface area contributed by atoms with E-state index >= 15 is 0 Å². The number of alkyl halides is 1. The summed E-state index contributed by atoms with van der Waals surface area (Å²) in [6.45, 7) is 4.42. The molecule has 0 bridgehead atoms. The summed E-state index contributed by atoms with van der Waals surface area (Å²) in [5.41, 5.74) is 0. The van der Waals surface area contributed by atoms with E-state index in [2.05, 4.69) is 6.92 Å². The molecule has 2 aliphatic heterocycles. The van der Waals surface area contributed by atoms with Crippen LogP contribution in [0.2, 0.25) is 0 Å². The maximum absolute atomic E-state index is 12.2. The maximum Gasteiger partial charge on any atom is 0.251 e. The lowest BCUT2D eigenvalue weighted by molar-refractivity contribution is -0.148. The van der Waals surface area contributed by atoms with Crippen molar-refractivity contribution in [2.45, 2.75) is 44.1 Å². The minimum absolute atomic E-state index is 0.176. The molecule has 16 heavy (non-hydrogen) atoms. The van der Waals surface area contributed by atoms with Crippen molar-refractivity contribution < 1.29 is 9.53 Å². The number of piperidine rings is 1. The van der Waals surface area contributed by atoms with Gasteiger partial charge >= 0.3 is 0 Å². The normalized spacial score (nSPS) is 36.1. The Morgan fingerprint density at radius 1 is 1.38 bits per heavy atom. The van der Waals surface area contributed by atoms with Gasteiger partial charge in [-0.05, 0) is 31.6 Å². The molecule has 0 radical (unpaired) electrons. The van der Waals surface area contributed by atoms with Crippen molar-refractivity contribution in [3.63, 3.8) is 0 Å². The molecule has 3 nitrogen and oxygen atoms in total. The Balaban J connectivity index is 1.89. The molecule has 3 unspecified atom stereocenters.